The van der Waals surface area contributed by atoms with Gasteiger partial charge in [0.05, 0.1) is 0 Å². The van der Waals surface area contributed by atoms with Gasteiger partial charge in [0, 0.05) is 30.0 Å². The molecule has 0 aliphatic rings. The molecule has 0 fully saturated rings. The Bertz CT molecular complexity index is 308. The summed E-state index contributed by atoms with van der Waals surface area (Å²) in [5, 5.41) is 8.61. The molecular formula is C12H24N2O4S2. The Labute approximate surface area is 128 Å². The Balaban J connectivity index is 4.10. The molecule has 0 spiro atoms. The van der Waals surface area contributed by atoms with E-state index in [0.717, 1.165) is 5.75 Å². The Hall–Kier alpha value is -0.600. The lowest BCUT2D eigenvalue weighted by molar-refractivity contribution is -0.137. The normalized spacial score (nSPS) is 11.2. The molecular weight excluding hydrogens is 300 g/mol. The number of hydrogen-bond acceptors (Lipinski definition) is 6. The third-order valence-corrected chi connectivity index (χ3v) is 5.36. The number of rotatable bonds is 9. The van der Waals surface area contributed by atoms with E-state index in [1.807, 2.05) is 0 Å². The van der Waals surface area contributed by atoms with Crippen molar-refractivity contribution >= 4 is 33.7 Å². The van der Waals surface area contributed by atoms with Gasteiger partial charge in [0.2, 0.25) is 0 Å². The second kappa shape index (κ2) is 10.2. The molecule has 0 atom stereocenters. The van der Waals surface area contributed by atoms with Gasteiger partial charge in [-0.3, -0.25) is 10.5 Å². The predicted molar refractivity (Wildman–Crippen MR) is 83.8 cm³/mol. The van der Waals surface area contributed by atoms with Crippen LogP contribution in [0.3, 0.4) is 0 Å². The highest BCUT2D eigenvalue weighted by molar-refractivity contribution is 8.77. The molecule has 0 rings (SSSR count). The van der Waals surface area contributed by atoms with Crippen LogP contribution in [0.1, 0.15) is 33.6 Å². The minimum atomic E-state index is -0.866. The first-order chi connectivity index (χ1) is 9.26. The number of aliphatic carboxylic acids is 1. The van der Waals surface area contributed by atoms with E-state index in [2.05, 4.69) is 20.8 Å². The number of carbonyl (C=O) groups is 2. The van der Waals surface area contributed by atoms with Gasteiger partial charge in [0.15, 0.2) is 0 Å². The molecule has 20 heavy (non-hydrogen) atoms. The molecule has 0 aromatic carbocycles. The van der Waals surface area contributed by atoms with Gasteiger partial charge in [-0.15, -0.1) is 0 Å². The Morgan fingerprint density at radius 1 is 1.30 bits per heavy atom. The lowest BCUT2D eigenvalue weighted by atomic mass is 10.3. The quantitative estimate of drug-likeness (QED) is 0.382. The van der Waals surface area contributed by atoms with Gasteiger partial charge in [-0.05, 0) is 6.42 Å². The lowest BCUT2D eigenvalue weighted by Gasteiger charge is -2.22. The molecule has 0 aliphatic heterocycles. The van der Waals surface area contributed by atoms with E-state index in [1.165, 1.54) is 4.90 Å². The van der Waals surface area contributed by atoms with E-state index in [-0.39, 0.29) is 17.9 Å². The van der Waals surface area contributed by atoms with Gasteiger partial charge >= 0.3 is 12.1 Å². The van der Waals surface area contributed by atoms with E-state index < -0.39 is 12.1 Å². The summed E-state index contributed by atoms with van der Waals surface area (Å²) >= 11 is 0. The molecule has 0 aromatic heterocycles. The summed E-state index contributed by atoms with van der Waals surface area (Å²) in [5.41, 5.74) is 5.18. The van der Waals surface area contributed by atoms with Gasteiger partial charge in [0.1, 0.15) is 6.73 Å². The van der Waals surface area contributed by atoms with Crippen LogP contribution in [0.4, 0.5) is 4.79 Å². The summed E-state index contributed by atoms with van der Waals surface area (Å²) in [6, 6.07) is 0. The second-order valence-electron chi connectivity index (χ2n) is 5.08. The molecule has 0 bridgehead atoms. The number of carboxylic acid groups (broad SMARTS) is 1. The Kier molecular flexibility index (Phi) is 9.87. The summed E-state index contributed by atoms with van der Waals surface area (Å²) in [6.45, 7) is 7.09. The SMILES string of the molecule is CC(C)(C)SSCCN(CCCC(=O)O)C(=O)OCN. The molecule has 0 unspecified atom stereocenters. The Morgan fingerprint density at radius 2 is 1.95 bits per heavy atom. The summed E-state index contributed by atoms with van der Waals surface area (Å²) < 4.78 is 4.92. The van der Waals surface area contributed by atoms with E-state index in [9.17, 15) is 9.59 Å². The van der Waals surface area contributed by atoms with Gasteiger partial charge < -0.3 is 14.7 Å². The fourth-order valence-corrected chi connectivity index (χ4v) is 3.51. The van der Waals surface area contributed by atoms with Crippen molar-refractivity contribution in [2.24, 2.45) is 5.73 Å². The number of nitrogens with zero attached hydrogens (tertiary/aromatic N) is 1. The zero-order valence-corrected chi connectivity index (χ0v) is 13.9. The van der Waals surface area contributed by atoms with E-state index >= 15 is 0 Å². The van der Waals surface area contributed by atoms with Crippen molar-refractivity contribution in [2.75, 3.05) is 25.6 Å². The molecule has 0 radical (unpaired) electrons. The van der Waals surface area contributed by atoms with Gasteiger partial charge in [-0.2, -0.15) is 0 Å². The maximum absolute atomic E-state index is 11.7. The van der Waals surface area contributed by atoms with Crippen LogP contribution in [0.15, 0.2) is 0 Å². The Morgan fingerprint density at radius 3 is 2.45 bits per heavy atom. The van der Waals surface area contributed by atoms with Crippen LogP contribution < -0.4 is 5.73 Å². The summed E-state index contributed by atoms with van der Waals surface area (Å²) in [5.74, 6) is -0.107. The highest BCUT2D eigenvalue weighted by Crippen LogP contribution is 2.34. The monoisotopic (exact) mass is 324 g/mol. The smallest absolute Gasteiger partial charge is 0.411 e. The largest absolute Gasteiger partial charge is 0.481 e. The van der Waals surface area contributed by atoms with Gasteiger partial charge in [0.25, 0.3) is 0 Å². The average Bonchev–Trinajstić information content (AvgIpc) is 2.30. The van der Waals surface area contributed by atoms with Gasteiger partial charge in [-0.1, -0.05) is 42.4 Å². The predicted octanol–water partition coefficient (Wildman–Crippen LogP) is 2.39. The van der Waals surface area contributed by atoms with Gasteiger partial charge in [-0.25, -0.2) is 4.79 Å². The van der Waals surface area contributed by atoms with Crippen molar-refractivity contribution in [1.82, 2.24) is 4.90 Å². The number of nitrogens with two attached hydrogens (primary N) is 1. The topological polar surface area (TPSA) is 92.9 Å². The molecule has 6 nitrogen and oxygen atoms in total. The molecule has 118 valence electrons. The van der Waals surface area contributed by atoms with Crippen LogP contribution in [0.2, 0.25) is 0 Å². The molecule has 0 heterocycles. The van der Waals surface area contributed by atoms with Crippen molar-refractivity contribution in [1.29, 1.82) is 0 Å². The number of carbonyl (C=O) groups excluding carboxylic acids is 1. The van der Waals surface area contributed by atoms with Crippen molar-refractivity contribution in [3.8, 4) is 0 Å². The summed E-state index contributed by atoms with van der Waals surface area (Å²) in [4.78, 5) is 23.7. The van der Waals surface area contributed by atoms with Crippen molar-refractivity contribution in [2.45, 2.75) is 38.4 Å². The minimum absolute atomic E-state index is 0.0380. The first kappa shape index (κ1) is 19.4. The van der Waals surface area contributed by atoms with E-state index in [4.69, 9.17) is 15.6 Å². The molecule has 0 saturated carbocycles. The molecule has 3 N–H and O–H groups in total. The van der Waals surface area contributed by atoms with Crippen molar-refractivity contribution in [3.63, 3.8) is 0 Å². The third kappa shape index (κ3) is 11.2. The zero-order valence-electron chi connectivity index (χ0n) is 12.3. The second-order valence-corrected chi connectivity index (χ2v) is 8.32. The molecule has 0 aliphatic carbocycles. The minimum Gasteiger partial charge on any atom is -0.481 e. The first-order valence-corrected chi connectivity index (χ1v) is 8.72. The van der Waals surface area contributed by atoms with Crippen LogP contribution >= 0.6 is 21.6 Å². The average molecular weight is 324 g/mol. The molecule has 0 aromatic rings. The highest BCUT2D eigenvalue weighted by atomic mass is 33.1. The van der Waals surface area contributed by atoms with Crippen molar-refractivity contribution < 1.29 is 19.4 Å². The summed E-state index contributed by atoms with van der Waals surface area (Å²) in [7, 11) is 3.43. The van der Waals surface area contributed by atoms with Crippen LogP contribution in [-0.4, -0.2) is 52.4 Å². The fourth-order valence-electron chi connectivity index (χ4n) is 1.24. The molecule has 1 amide bonds. The first-order valence-electron chi connectivity index (χ1n) is 6.40. The number of amides is 1. The maximum Gasteiger partial charge on any atom is 0.411 e. The maximum atomic E-state index is 11.7. The fraction of sp³-hybridized carbons (Fsp3) is 0.833. The standard InChI is InChI=1S/C12H24N2O4S2/c1-12(2,3)20-19-8-7-14(11(17)18-9-13)6-4-5-10(15)16/h4-9,13H2,1-3H3,(H,15,16). The van der Waals surface area contributed by atoms with Crippen LogP contribution in [-0.2, 0) is 9.53 Å². The van der Waals surface area contributed by atoms with Crippen molar-refractivity contribution in [3.05, 3.63) is 0 Å². The zero-order chi connectivity index (χ0) is 15.6. The van der Waals surface area contributed by atoms with Crippen LogP contribution in [0.5, 0.6) is 0 Å². The highest BCUT2D eigenvalue weighted by Gasteiger charge is 2.16. The lowest BCUT2D eigenvalue weighted by Crippen LogP contribution is -2.35. The summed E-state index contributed by atoms with van der Waals surface area (Å²) in [6.07, 6.45) is -0.0400. The number of carboxylic acids is 1. The van der Waals surface area contributed by atoms with E-state index in [0.29, 0.717) is 19.5 Å². The molecule has 0 saturated heterocycles. The van der Waals surface area contributed by atoms with Crippen LogP contribution in [0.25, 0.3) is 0 Å². The van der Waals surface area contributed by atoms with E-state index in [1.54, 1.807) is 21.6 Å². The molecule has 8 heteroatoms. The number of hydrogen-bond donors (Lipinski definition) is 2. The number of ether oxygens (including phenoxy) is 1. The third-order valence-electron chi connectivity index (χ3n) is 2.04. The van der Waals surface area contributed by atoms with Crippen LogP contribution in [0, 0.1) is 0 Å².